The van der Waals surface area contributed by atoms with Crippen LogP contribution in [0.4, 0.5) is 0 Å². The second-order valence-corrected chi connectivity index (χ2v) is 7.58. The molecule has 0 saturated carbocycles. The van der Waals surface area contributed by atoms with Gasteiger partial charge in [0.25, 0.3) is 0 Å². The molecule has 1 saturated heterocycles. The van der Waals surface area contributed by atoms with Crippen molar-refractivity contribution in [1.82, 2.24) is 0 Å². The Hall–Kier alpha value is -0.590. The Balaban J connectivity index is 2.21. The Morgan fingerprint density at radius 3 is 2.72 bits per heavy atom. The molecule has 1 N–H and O–H groups in total. The van der Waals surface area contributed by atoms with Gasteiger partial charge in [-0.15, -0.1) is 0 Å². The maximum absolute atomic E-state index is 11.4. The van der Waals surface area contributed by atoms with Gasteiger partial charge >= 0.3 is 0 Å². The van der Waals surface area contributed by atoms with Crippen LogP contribution in [-0.2, 0) is 9.84 Å². The molecule has 2 unspecified atom stereocenters. The molecule has 0 aliphatic carbocycles. The summed E-state index contributed by atoms with van der Waals surface area (Å²) < 4.78 is 28.7. The van der Waals surface area contributed by atoms with Gasteiger partial charge in [0.1, 0.15) is 5.75 Å². The van der Waals surface area contributed by atoms with Crippen molar-refractivity contribution in [3.63, 3.8) is 0 Å². The summed E-state index contributed by atoms with van der Waals surface area (Å²) in [5.74, 6) is 0.700. The summed E-state index contributed by atoms with van der Waals surface area (Å²) in [4.78, 5) is 0. The fourth-order valence-corrected chi connectivity index (χ4v) is 4.62. The Bertz CT molecular complexity index is 541. The van der Waals surface area contributed by atoms with Crippen LogP contribution < -0.4 is 4.74 Å². The van der Waals surface area contributed by atoms with Crippen LogP contribution in [0.2, 0.25) is 0 Å². The van der Waals surface area contributed by atoms with E-state index in [1.807, 2.05) is 0 Å². The summed E-state index contributed by atoms with van der Waals surface area (Å²) in [5, 5.41) is 10.3. The Kier molecular flexibility index (Phi) is 3.99. The summed E-state index contributed by atoms with van der Waals surface area (Å²) in [6.45, 7) is 0. The van der Waals surface area contributed by atoms with Crippen molar-refractivity contribution in [2.75, 3.05) is 18.6 Å². The van der Waals surface area contributed by atoms with Crippen LogP contribution in [0.15, 0.2) is 22.7 Å². The lowest BCUT2D eigenvalue weighted by Gasteiger charge is -2.18. The highest BCUT2D eigenvalue weighted by Gasteiger charge is 2.34. The highest BCUT2D eigenvalue weighted by molar-refractivity contribution is 9.10. The van der Waals surface area contributed by atoms with E-state index in [0.717, 1.165) is 4.47 Å². The molecule has 1 aromatic carbocycles. The van der Waals surface area contributed by atoms with E-state index < -0.39 is 15.9 Å². The average molecular weight is 335 g/mol. The van der Waals surface area contributed by atoms with Gasteiger partial charge in [-0.2, -0.15) is 0 Å². The number of ether oxygens (including phenoxy) is 1. The average Bonchev–Trinajstić information content (AvgIpc) is 2.68. The summed E-state index contributed by atoms with van der Waals surface area (Å²) in [6, 6.07) is 5.29. The molecule has 6 heteroatoms. The van der Waals surface area contributed by atoms with Crippen LogP contribution in [0.25, 0.3) is 0 Å². The van der Waals surface area contributed by atoms with Gasteiger partial charge in [0.15, 0.2) is 9.84 Å². The summed E-state index contributed by atoms with van der Waals surface area (Å²) in [6.07, 6.45) is -0.246. The Morgan fingerprint density at radius 1 is 1.50 bits per heavy atom. The van der Waals surface area contributed by atoms with E-state index in [1.165, 1.54) is 0 Å². The lowest BCUT2D eigenvalue weighted by atomic mass is 9.95. The van der Waals surface area contributed by atoms with E-state index in [2.05, 4.69) is 15.9 Å². The smallest absolute Gasteiger partial charge is 0.150 e. The predicted molar refractivity (Wildman–Crippen MR) is 72.4 cm³/mol. The highest BCUT2D eigenvalue weighted by atomic mass is 79.9. The van der Waals surface area contributed by atoms with Crippen LogP contribution in [0.3, 0.4) is 0 Å². The SMILES string of the molecule is COc1ccc(C(O)C2CCS(=O)(=O)C2)c(Br)c1. The number of methoxy groups -OCH3 is 1. The second-order valence-electron chi connectivity index (χ2n) is 4.50. The molecule has 0 radical (unpaired) electrons. The van der Waals surface area contributed by atoms with Gasteiger partial charge in [0.05, 0.1) is 24.7 Å². The number of halogens is 1. The molecule has 1 aliphatic heterocycles. The van der Waals surface area contributed by atoms with Crippen LogP contribution in [-0.4, -0.2) is 32.1 Å². The second kappa shape index (κ2) is 5.19. The van der Waals surface area contributed by atoms with Crippen molar-refractivity contribution in [1.29, 1.82) is 0 Å². The molecular formula is C12H15BrO4S. The van der Waals surface area contributed by atoms with Crippen molar-refractivity contribution >= 4 is 25.8 Å². The molecule has 0 amide bonds. The first-order chi connectivity index (χ1) is 8.43. The van der Waals surface area contributed by atoms with E-state index in [-0.39, 0.29) is 17.4 Å². The first-order valence-corrected chi connectivity index (χ1v) is 8.26. The fourth-order valence-electron chi connectivity index (χ4n) is 2.20. The standard InChI is InChI=1S/C12H15BrO4S/c1-17-9-2-3-10(11(13)6-9)12(14)8-4-5-18(15,16)7-8/h2-3,6,8,12,14H,4-5,7H2,1H3. The topological polar surface area (TPSA) is 63.6 Å². The van der Waals surface area contributed by atoms with E-state index >= 15 is 0 Å². The van der Waals surface area contributed by atoms with Crippen molar-refractivity contribution in [2.45, 2.75) is 12.5 Å². The van der Waals surface area contributed by atoms with E-state index in [4.69, 9.17) is 4.74 Å². The Morgan fingerprint density at radius 2 is 2.22 bits per heavy atom. The largest absolute Gasteiger partial charge is 0.497 e. The molecule has 4 nitrogen and oxygen atoms in total. The van der Waals surface area contributed by atoms with Crippen LogP contribution in [0.1, 0.15) is 18.1 Å². The molecule has 100 valence electrons. The molecule has 2 atom stereocenters. The van der Waals surface area contributed by atoms with Crippen LogP contribution >= 0.6 is 15.9 Å². The molecule has 0 spiro atoms. The zero-order valence-electron chi connectivity index (χ0n) is 9.97. The van der Waals surface area contributed by atoms with Gasteiger partial charge in [0.2, 0.25) is 0 Å². The molecule has 1 aliphatic rings. The monoisotopic (exact) mass is 334 g/mol. The first kappa shape index (κ1) is 13.8. The maximum Gasteiger partial charge on any atom is 0.150 e. The number of rotatable bonds is 3. The summed E-state index contributed by atoms with van der Waals surface area (Å²) in [5.41, 5.74) is 0.706. The third kappa shape index (κ3) is 2.87. The minimum absolute atomic E-state index is 0.0621. The van der Waals surface area contributed by atoms with Crippen molar-refractivity contribution in [3.05, 3.63) is 28.2 Å². The zero-order valence-corrected chi connectivity index (χ0v) is 12.4. The van der Waals surface area contributed by atoms with Gasteiger partial charge in [0, 0.05) is 10.4 Å². The molecule has 0 bridgehead atoms. The van der Waals surface area contributed by atoms with E-state index in [0.29, 0.717) is 17.7 Å². The van der Waals surface area contributed by atoms with E-state index in [9.17, 15) is 13.5 Å². The molecule has 1 aromatic rings. The quantitative estimate of drug-likeness (QED) is 0.917. The Labute approximate surface area is 115 Å². The van der Waals surface area contributed by atoms with Gasteiger partial charge in [-0.05, 0) is 24.1 Å². The molecule has 18 heavy (non-hydrogen) atoms. The molecular weight excluding hydrogens is 320 g/mol. The van der Waals surface area contributed by atoms with Crippen LogP contribution in [0.5, 0.6) is 5.75 Å². The predicted octanol–water partition coefficient (Wildman–Crippen LogP) is 1.93. The van der Waals surface area contributed by atoms with Crippen molar-refractivity contribution in [3.8, 4) is 5.75 Å². The number of aliphatic hydroxyl groups is 1. The molecule has 1 heterocycles. The normalized spacial score (nSPS) is 23.8. The number of hydrogen-bond donors (Lipinski definition) is 1. The lowest BCUT2D eigenvalue weighted by Crippen LogP contribution is -2.14. The van der Waals surface area contributed by atoms with Gasteiger partial charge < -0.3 is 9.84 Å². The summed E-state index contributed by atoms with van der Waals surface area (Å²) in [7, 11) is -1.40. The molecule has 2 rings (SSSR count). The number of aliphatic hydroxyl groups excluding tert-OH is 1. The zero-order chi connectivity index (χ0) is 13.3. The fraction of sp³-hybridized carbons (Fsp3) is 0.500. The molecule has 1 fully saturated rings. The van der Waals surface area contributed by atoms with Gasteiger partial charge in [-0.25, -0.2) is 8.42 Å². The van der Waals surface area contributed by atoms with Crippen LogP contribution in [0, 0.1) is 5.92 Å². The minimum Gasteiger partial charge on any atom is -0.497 e. The first-order valence-electron chi connectivity index (χ1n) is 5.65. The molecule has 0 aromatic heterocycles. The van der Waals surface area contributed by atoms with Crippen molar-refractivity contribution < 1.29 is 18.3 Å². The van der Waals surface area contributed by atoms with Gasteiger partial charge in [-0.3, -0.25) is 0 Å². The minimum atomic E-state index is -2.97. The number of benzene rings is 1. The maximum atomic E-state index is 11.4. The number of hydrogen-bond acceptors (Lipinski definition) is 4. The number of sulfone groups is 1. The van der Waals surface area contributed by atoms with Crippen molar-refractivity contribution in [2.24, 2.45) is 5.92 Å². The van der Waals surface area contributed by atoms with E-state index in [1.54, 1.807) is 25.3 Å². The third-order valence-electron chi connectivity index (χ3n) is 3.24. The van der Waals surface area contributed by atoms with Gasteiger partial charge in [-0.1, -0.05) is 22.0 Å². The third-order valence-corrected chi connectivity index (χ3v) is 5.72. The summed E-state index contributed by atoms with van der Waals surface area (Å²) >= 11 is 3.37. The highest BCUT2D eigenvalue weighted by Crippen LogP contribution is 2.36. The lowest BCUT2D eigenvalue weighted by molar-refractivity contribution is 0.120.